The minimum Gasteiger partial charge on any atom is -0.381 e. The van der Waals surface area contributed by atoms with Gasteiger partial charge in [0.25, 0.3) is 0 Å². The molecule has 1 heterocycles. The molecule has 0 aromatic heterocycles. The van der Waals surface area contributed by atoms with Crippen LogP contribution in [0, 0.1) is 5.92 Å². The van der Waals surface area contributed by atoms with E-state index >= 15 is 0 Å². The summed E-state index contributed by atoms with van der Waals surface area (Å²) in [5.41, 5.74) is 5.73. The zero-order valence-electron chi connectivity index (χ0n) is 10.1. The van der Waals surface area contributed by atoms with Crippen LogP contribution in [0.4, 0.5) is 0 Å². The lowest BCUT2D eigenvalue weighted by atomic mass is 10.2. The Bertz CT molecular complexity index is 212. The van der Waals surface area contributed by atoms with Gasteiger partial charge in [-0.25, -0.2) is 0 Å². The average molecular weight is 251 g/mol. The van der Waals surface area contributed by atoms with Crippen LogP contribution in [0.3, 0.4) is 0 Å². The maximum Gasteiger partial charge on any atom is 0.224 e. The third kappa shape index (κ3) is 5.68. The molecule has 0 aliphatic carbocycles. The van der Waals surface area contributed by atoms with Gasteiger partial charge >= 0.3 is 0 Å². The number of nitrogens with two attached hydrogens (primary N) is 1. The van der Waals surface area contributed by atoms with Gasteiger partial charge in [0.1, 0.15) is 0 Å². The Balaban J connectivity index is 0.00000225. The van der Waals surface area contributed by atoms with E-state index < -0.39 is 0 Å². The van der Waals surface area contributed by atoms with Gasteiger partial charge < -0.3 is 15.4 Å². The number of rotatable bonds is 5. The van der Waals surface area contributed by atoms with Gasteiger partial charge in [0.05, 0.1) is 13.0 Å². The highest BCUT2D eigenvalue weighted by Gasteiger charge is 2.22. The number of hydrogen-bond acceptors (Lipinski definition) is 3. The van der Waals surface area contributed by atoms with E-state index in [-0.39, 0.29) is 24.4 Å². The first-order valence-electron chi connectivity index (χ1n) is 5.70. The lowest BCUT2D eigenvalue weighted by molar-refractivity contribution is -0.131. The Kier molecular flexibility index (Phi) is 7.72. The molecular weight excluding hydrogens is 228 g/mol. The fourth-order valence-electron chi connectivity index (χ4n) is 1.65. The van der Waals surface area contributed by atoms with Crippen molar-refractivity contribution in [3.05, 3.63) is 0 Å². The molecule has 1 saturated heterocycles. The van der Waals surface area contributed by atoms with Crippen molar-refractivity contribution >= 4 is 18.3 Å². The van der Waals surface area contributed by atoms with Gasteiger partial charge in [-0.2, -0.15) is 0 Å². The number of carbonyl (C=O) groups is 1. The van der Waals surface area contributed by atoms with Crippen LogP contribution in [0.2, 0.25) is 0 Å². The Morgan fingerprint density at radius 3 is 2.75 bits per heavy atom. The number of hydrogen-bond donors (Lipinski definition) is 1. The normalized spacial score (nSPS) is 20.0. The number of amides is 1. The van der Waals surface area contributed by atoms with Crippen molar-refractivity contribution in [3.63, 3.8) is 0 Å². The van der Waals surface area contributed by atoms with Gasteiger partial charge in [0.2, 0.25) is 5.91 Å². The third-order valence-electron chi connectivity index (χ3n) is 2.49. The zero-order chi connectivity index (χ0) is 11.3. The van der Waals surface area contributed by atoms with Crippen molar-refractivity contribution < 1.29 is 9.53 Å². The molecular formula is C11H23ClN2O2. The van der Waals surface area contributed by atoms with Crippen molar-refractivity contribution in [2.75, 3.05) is 26.3 Å². The Morgan fingerprint density at radius 1 is 1.56 bits per heavy atom. The standard InChI is InChI=1S/C11H22N2O2.ClH/c1-9(2)8-15-6-4-11(14)13-5-3-10(12)7-13;/h9-10H,3-8,12H2,1-2H3;1H/t10-;/m0./s1. The van der Waals surface area contributed by atoms with Crippen LogP contribution in [-0.2, 0) is 9.53 Å². The SMILES string of the molecule is CC(C)COCCC(=O)N1CC[C@H](N)C1.Cl. The van der Waals surface area contributed by atoms with Crippen molar-refractivity contribution in [2.24, 2.45) is 11.7 Å². The maximum absolute atomic E-state index is 11.6. The lowest BCUT2D eigenvalue weighted by Crippen LogP contribution is -2.32. The minimum absolute atomic E-state index is 0. The second-order valence-electron chi connectivity index (χ2n) is 4.61. The van der Waals surface area contributed by atoms with E-state index in [2.05, 4.69) is 13.8 Å². The summed E-state index contributed by atoms with van der Waals surface area (Å²) in [5, 5.41) is 0. The molecule has 1 atom stereocenters. The van der Waals surface area contributed by atoms with Crippen molar-refractivity contribution in [3.8, 4) is 0 Å². The molecule has 0 unspecified atom stereocenters. The van der Waals surface area contributed by atoms with E-state index in [0.29, 0.717) is 25.5 Å². The van der Waals surface area contributed by atoms with Crippen LogP contribution in [0.15, 0.2) is 0 Å². The van der Waals surface area contributed by atoms with E-state index in [4.69, 9.17) is 10.5 Å². The summed E-state index contributed by atoms with van der Waals surface area (Å²) in [6, 6.07) is 0.172. The molecule has 1 rings (SSSR count). The van der Waals surface area contributed by atoms with Gasteiger partial charge in [-0.15, -0.1) is 12.4 Å². The van der Waals surface area contributed by atoms with Crippen LogP contribution in [0.1, 0.15) is 26.7 Å². The molecule has 0 radical (unpaired) electrons. The average Bonchev–Trinajstić information content (AvgIpc) is 2.59. The van der Waals surface area contributed by atoms with Crippen LogP contribution >= 0.6 is 12.4 Å². The summed E-state index contributed by atoms with van der Waals surface area (Å²) >= 11 is 0. The Hall–Kier alpha value is -0.320. The summed E-state index contributed by atoms with van der Waals surface area (Å²) < 4.78 is 5.37. The number of likely N-dealkylation sites (tertiary alicyclic amines) is 1. The fraction of sp³-hybridized carbons (Fsp3) is 0.909. The lowest BCUT2D eigenvalue weighted by Gasteiger charge is -2.15. The van der Waals surface area contributed by atoms with E-state index in [0.717, 1.165) is 19.6 Å². The van der Waals surface area contributed by atoms with Crippen LogP contribution in [0.25, 0.3) is 0 Å². The first-order chi connectivity index (χ1) is 7.09. The highest BCUT2D eigenvalue weighted by molar-refractivity contribution is 5.85. The topological polar surface area (TPSA) is 55.6 Å². The van der Waals surface area contributed by atoms with Gasteiger partial charge in [-0.1, -0.05) is 13.8 Å². The monoisotopic (exact) mass is 250 g/mol. The summed E-state index contributed by atoms with van der Waals surface area (Å²) in [4.78, 5) is 13.5. The molecule has 16 heavy (non-hydrogen) atoms. The molecule has 96 valence electrons. The quantitative estimate of drug-likeness (QED) is 0.742. The van der Waals surface area contributed by atoms with E-state index in [1.54, 1.807) is 0 Å². The van der Waals surface area contributed by atoms with Gasteiger partial charge in [0.15, 0.2) is 0 Å². The smallest absolute Gasteiger partial charge is 0.224 e. The molecule has 1 aliphatic rings. The number of halogens is 1. The first kappa shape index (κ1) is 15.7. The van der Waals surface area contributed by atoms with Crippen molar-refractivity contribution in [1.29, 1.82) is 0 Å². The van der Waals surface area contributed by atoms with E-state index in [1.165, 1.54) is 0 Å². The molecule has 2 N–H and O–H groups in total. The first-order valence-corrected chi connectivity index (χ1v) is 5.70. The molecule has 1 aliphatic heterocycles. The number of carbonyl (C=O) groups excluding carboxylic acids is 1. The van der Waals surface area contributed by atoms with Crippen LogP contribution < -0.4 is 5.73 Å². The Labute approximate surface area is 104 Å². The number of ether oxygens (including phenoxy) is 1. The van der Waals surface area contributed by atoms with E-state index in [1.807, 2.05) is 4.90 Å². The zero-order valence-corrected chi connectivity index (χ0v) is 11.0. The predicted octanol–water partition coefficient (Wildman–Crippen LogP) is 1.03. The molecule has 0 aromatic carbocycles. The molecule has 0 bridgehead atoms. The molecule has 4 nitrogen and oxygen atoms in total. The molecule has 0 spiro atoms. The third-order valence-corrected chi connectivity index (χ3v) is 2.49. The fourth-order valence-corrected chi connectivity index (χ4v) is 1.65. The summed E-state index contributed by atoms with van der Waals surface area (Å²) in [6.07, 6.45) is 1.41. The second-order valence-corrected chi connectivity index (χ2v) is 4.61. The highest BCUT2D eigenvalue weighted by Crippen LogP contribution is 2.08. The predicted molar refractivity (Wildman–Crippen MR) is 66.7 cm³/mol. The van der Waals surface area contributed by atoms with Gasteiger partial charge in [0, 0.05) is 25.7 Å². The summed E-state index contributed by atoms with van der Waals surface area (Å²) in [6.45, 7) is 6.98. The largest absolute Gasteiger partial charge is 0.381 e. The molecule has 5 heteroatoms. The van der Waals surface area contributed by atoms with E-state index in [9.17, 15) is 4.79 Å². The molecule has 0 aromatic rings. The number of nitrogens with zero attached hydrogens (tertiary/aromatic N) is 1. The molecule has 1 fully saturated rings. The van der Waals surface area contributed by atoms with Gasteiger partial charge in [-0.05, 0) is 12.3 Å². The molecule has 1 amide bonds. The van der Waals surface area contributed by atoms with Crippen molar-refractivity contribution in [1.82, 2.24) is 4.90 Å². The Morgan fingerprint density at radius 2 is 2.25 bits per heavy atom. The van der Waals surface area contributed by atoms with Crippen LogP contribution in [-0.4, -0.2) is 43.2 Å². The minimum atomic E-state index is 0. The van der Waals surface area contributed by atoms with Crippen molar-refractivity contribution in [2.45, 2.75) is 32.7 Å². The van der Waals surface area contributed by atoms with Gasteiger partial charge in [-0.3, -0.25) is 4.79 Å². The maximum atomic E-state index is 11.6. The van der Waals surface area contributed by atoms with Crippen LogP contribution in [0.5, 0.6) is 0 Å². The second kappa shape index (κ2) is 7.87. The summed E-state index contributed by atoms with van der Waals surface area (Å²) in [7, 11) is 0. The molecule has 0 saturated carbocycles. The highest BCUT2D eigenvalue weighted by atomic mass is 35.5. The summed E-state index contributed by atoms with van der Waals surface area (Å²) in [5.74, 6) is 0.701.